The second kappa shape index (κ2) is 5.56. The van der Waals surface area contributed by atoms with Gasteiger partial charge in [0, 0.05) is 37.6 Å². The molecule has 2 aromatic heterocycles. The van der Waals surface area contributed by atoms with E-state index in [0.29, 0.717) is 17.6 Å². The van der Waals surface area contributed by atoms with Crippen molar-refractivity contribution in [1.29, 1.82) is 0 Å². The van der Waals surface area contributed by atoms with Crippen LogP contribution in [0.1, 0.15) is 21.6 Å². The monoisotopic (exact) mass is 320 g/mol. The van der Waals surface area contributed by atoms with Crippen molar-refractivity contribution >= 4 is 16.8 Å². The largest absolute Gasteiger partial charge is 0.346 e. The Balaban J connectivity index is 1.74. The molecular weight excluding hydrogens is 304 g/mol. The molecule has 0 spiro atoms. The highest BCUT2D eigenvalue weighted by Crippen LogP contribution is 2.24. The van der Waals surface area contributed by atoms with Crippen LogP contribution < -0.4 is 5.43 Å². The van der Waals surface area contributed by atoms with Crippen molar-refractivity contribution in [2.45, 2.75) is 19.5 Å². The van der Waals surface area contributed by atoms with Crippen LogP contribution in [-0.2, 0) is 19.5 Å². The van der Waals surface area contributed by atoms with Crippen LogP contribution in [0, 0.1) is 0 Å². The van der Waals surface area contributed by atoms with E-state index < -0.39 is 0 Å². The Bertz CT molecular complexity index is 995. The Morgan fingerprint density at radius 2 is 2.21 bits per heavy atom. The summed E-state index contributed by atoms with van der Waals surface area (Å²) in [6, 6.07) is 5.71. The molecule has 6 heteroatoms. The van der Waals surface area contributed by atoms with Gasteiger partial charge in [-0.25, -0.2) is 0 Å². The summed E-state index contributed by atoms with van der Waals surface area (Å²) in [5, 5.41) is 0.615. The van der Waals surface area contributed by atoms with Crippen molar-refractivity contribution in [3.63, 3.8) is 0 Å². The van der Waals surface area contributed by atoms with Gasteiger partial charge in [0.05, 0.1) is 24.0 Å². The Hall–Kier alpha value is -3.02. The van der Waals surface area contributed by atoms with Gasteiger partial charge in [0.1, 0.15) is 5.56 Å². The van der Waals surface area contributed by atoms with E-state index in [2.05, 4.69) is 9.97 Å². The minimum Gasteiger partial charge on any atom is -0.346 e. The van der Waals surface area contributed by atoms with E-state index in [1.807, 2.05) is 16.7 Å². The third-order valence-corrected chi connectivity index (χ3v) is 4.40. The van der Waals surface area contributed by atoms with Gasteiger partial charge in [-0.15, -0.1) is 0 Å². The topological polar surface area (TPSA) is 68.1 Å². The number of carbonyl (C=O) groups excluding carboxylic acids is 1. The molecule has 0 atom stereocenters. The number of amides is 1. The molecule has 0 unspecified atom stereocenters. The molecule has 120 valence electrons. The quantitative estimate of drug-likeness (QED) is 0.735. The molecule has 1 aliphatic heterocycles. The van der Waals surface area contributed by atoms with Gasteiger partial charge >= 0.3 is 0 Å². The first kappa shape index (κ1) is 14.6. The summed E-state index contributed by atoms with van der Waals surface area (Å²) in [6.45, 7) is 1.11. The van der Waals surface area contributed by atoms with Crippen LogP contribution in [0.15, 0.2) is 47.8 Å². The van der Waals surface area contributed by atoms with Gasteiger partial charge in [0.2, 0.25) is 5.43 Å². The van der Waals surface area contributed by atoms with Crippen LogP contribution in [-0.4, -0.2) is 32.4 Å². The lowest BCUT2D eigenvalue weighted by Gasteiger charge is -2.17. The molecule has 0 radical (unpaired) electrons. The fraction of sp³-hybridized carbons (Fsp3) is 0.222. The van der Waals surface area contributed by atoms with E-state index in [4.69, 9.17) is 0 Å². The number of aryl methyl sites for hydroxylation is 2. The number of benzene rings is 1. The van der Waals surface area contributed by atoms with Gasteiger partial charge in [-0.05, 0) is 18.1 Å². The first-order chi connectivity index (χ1) is 11.6. The molecule has 0 saturated carbocycles. The Morgan fingerprint density at radius 3 is 3.00 bits per heavy atom. The minimum absolute atomic E-state index is 0.202. The number of hydrogen-bond donors (Lipinski definition) is 0. The second-order valence-electron chi connectivity index (χ2n) is 5.99. The molecule has 1 amide bonds. The fourth-order valence-corrected chi connectivity index (χ4v) is 3.24. The number of rotatable bonds is 3. The van der Waals surface area contributed by atoms with Crippen molar-refractivity contribution in [3.05, 3.63) is 70.0 Å². The van der Waals surface area contributed by atoms with E-state index in [1.54, 1.807) is 37.9 Å². The molecule has 4 rings (SSSR count). The highest BCUT2D eigenvalue weighted by Gasteiger charge is 2.22. The standard InChI is InChI=1S/C18H16N4O2/c1-21(10-13-9-19-6-7-20-13)18(24)15-11-22-8-5-12-3-2-4-14(16(12)22)17(15)23/h2-4,6-7,9,11H,5,8,10H2,1H3. The van der Waals surface area contributed by atoms with Crippen LogP contribution in [0.4, 0.5) is 0 Å². The Morgan fingerprint density at radius 1 is 1.33 bits per heavy atom. The second-order valence-corrected chi connectivity index (χ2v) is 5.99. The average molecular weight is 320 g/mol. The summed E-state index contributed by atoms with van der Waals surface area (Å²) < 4.78 is 2.01. The molecule has 1 aliphatic rings. The van der Waals surface area contributed by atoms with E-state index in [0.717, 1.165) is 24.0 Å². The van der Waals surface area contributed by atoms with Crippen LogP contribution in [0.25, 0.3) is 10.9 Å². The number of para-hydroxylation sites is 1. The summed E-state index contributed by atoms with van der Waals surface area (Å²) in [5.74, 6) is -0.298. The number of hydrogen-bond acceptors (Lipinski definition) is 4. The minimum atomic E-state index is -0.298. The maximum absolute atomic E-state index is 12.8. The molecule has 0 N–H and O–H groups in total. The van der Waals surface area contributed by atoms with Crippen molar-refractivity contribution in [1.82, 2.24) is 19.4 Å². The highest BCUT2D eigenvalue weighted by molar-refractivity contribution is 5.97. The highest BCUT2D eigenvalue weighted by atomic mass is 16.2. The van der Waals surface area contributed by atoms with Crippen molar-refractivity contribution < 1.29 is 4.79 Å². The summed E-state index contributed by atoms with van der Waals surface area (Å²) >= 11 is 0. The molecule has 0 aliphatic carbocycles. The van der Waals surface area contributed by atoms with Crippen molar-refractivity contribution in [2.24, 2.45) is 0 Å². The lowest BCUT2D eigenvalue weighted by atomic mass is 10.1. The maximum Gasteiger partial charge on any atom is 0.259 e. The normalized spacial score (nSPS) is 12.5. The van der Waals surface area contributed by atoms with E-state index in [-0.39, 0.29) is 16.9 Å². The zero-order valence-corrected chi connectivity index (χ0v) is 13.3. The zero-order chi connectivity index (χ0) is 16.7. The zero-order valence-electron chi connectivity index (χ0n) is 13.3. The number of carbonyl (C=O) groups is 1. The molecule has 1 aromatic carbocycles. The van der Waals surface area contributed by atoms with Crippen molar-refractivity contribution in [2.75, 3.05) is 7.05 Å². The van der Waals surface area contributed by atoms with E-state index >= 15 is 0 Å². The van der Waals surface area contributed by atoms with Crippen LogP contribution in [0.3, 0.4) is 0 Å². The van der Waals surface area contributed by atoms with Gasteiger partial charge in [-0.1, -0.05) is 12.1 Å². The lowest BCUT2D eigenvalue weighted by Crippen LogP contribution is -2.31. The number of nitrogens with zero attached hydrogens (tertiary/aromatic N) is 4. The van der Waals surface area contributed by atoms with Crippen molar-refractivity contribution in [3.8, 4) is 0 Å². The van der Waals surface area contributed by atoms with Crippen LogP contribution in [0.2, 0.25) is 0 Å². The predicted molar refractivity (Wildman–Crippen MR) is 89.7 cm³/mol. The summed E-state index contributed by atoms with van der Waals surface area (Å²) in [4.78, 5) is 35.2. The number of aromatic nitrogens is 3. The predicted octanol–water partition coefficient (Wildman–Crippen LogP) is 1.62. The summed E-state index contributed by atoms with van der Waals surface area (Å²) in [5.41, 5.74) is 2.79. The third-order valence-electron chi connectivity index (χ3n) is 4.40. The van der Waals surface area contributed by atoms with E-state index in [1.165, 1.54) is 4.90 Å². The summed E-state index contributed by atoms with van der Waals surface area (Å²) in [6.07, 6.45) is 7.37. The molecule has 24 heavy (non-hydrogen) atoms. The maximum atomic E-state index is 12.8. The van der Waals surface area contributed by atoms with Gasteiger partial charge < -0.3 is 9.47 Å². The SMILES string of the molecule is CN(Cc1cnccn1)C(=O)c1cn2c3c(cccc3c1=O)CC2. The van der Waals surface area contributed by atoms with Crippen LogP contribution in [0.5, 0.6) is 0 Å². The van der Waals surface area contributed by atoms with Crippen LogP contribution >= 0.6 is 0 Å². The third kappa shape index (κ3) is 2.27. The lowest BCUT2D eigenvalue weighted by molar-refractivity contribution is 0.0781. The molecule has 6 nitrogen and oxygen atoms in total. The first-order valence-electron chi connectivity index (χ1n) is 7.80. The molecule has 3 heterocycles. The molecule has 3 aromatic rings. The molecule has 0 saturated heterocycles. The van der Waals surface area contributed by atoms with Gasteiger partial charge in [-0.2, -0.15) is 0 Å². The first-order valence-corrected chi connectivity index (χ1v) is 7.80. The smallest absolute Gasteiger partial charge is 0.259 e. The average Bonchev–Trinajstić information content (AvgIpc) is 3.02. The number of pyridine rings is 1. The molecule has 0 fully saturated rings. The molecule has 0 bridgehead atoms. The van der Waals surface area contributed by atoms with E-state index in [9.17, 15) is 9.59 Å². The van der Waals surface area contributed by atoms with Gasteiger partial charge in [0.25, 0.3) is 5.91 Å². The Labute approximate surface area is 138 Å². The fourth-order valence-electron chi connectivity index (χ4n) is 3.24. The molecular formula is C18H16N4O2. The van der Waals surface area contributed by atoms with Gasteiger partial charge in [-0.3, -0.25) is 19.6 Å². The Kier molecular flexibility index (Phi) is 3.37. The van der Waals surface area contributed by atoms with Gasteiger partial charge in [0.15, 0.2) is 0 Å². The summed E-state index contributed by atoms with van der Waals surface area (Å²) in [7, 11) is 1.67.